The van der Waals surface area contributed by atoms with Crippen molar-refractivity contribution in [3.05, 3.63) is 52.9 Å². The third-order valence-corrected chi connectivity index (χ3v) is 3.66. The number of carbonyl (C=O) groups is 1. The Balaban J connectivity index is 2.09. The van der Waals surface area contributed by atoms with Crippen molar-refractivity contribution >= 4 is 5.91 Å². The van der Waals surface area contributed by atoms with E-state index in [2.05, 4.69) is 24.3 Å². The zero-order valence-electron chi connectivity index (χ0n) is 13.0. The van der Waals surface area contributed by atoms with Crippen LogP contribution in [-0.4, -0.2) is 11.1 Å². The Morgan fingerprint density at radius 2 is 1.90 bits per heavy atom. The summed E-state index contributed by atoms with van der Waals surface area (Å²) in [6.45, 7) is 7.90. The van der Waals surface area contributed by atoms with E-state index in [4.69, 9.17) is 4.52 Å². The molecule has 1 heterocycles. The summed E-state index contributed by atoms with van der Waals surface area (Å²) < 4.78 is 5.10. The number of rotatable bonds is 5. The Hall–Kier alpha value is -2.10. The third kappa shape index (κ3) is 3.72. The number of nitrogens with one attached hydrogen (secondary N) is 1. The molecular weight excluding hydrogens is 264 g/mol. The van der Waals surface area contributed by atoms with Gasteiger partial charge in [0, 0.05) is 5.56 Å². The fourth-order valence-electron chi connectivity index (χ4n) is 2.43. The Kier molecular flexibility index (Phi) is 4.78. The lowest BCUT2D eigenvalue weighted by Gasteiger charge is -2.23. The first-order chi connectivity index (χ1) is 9.99. The molecule has 0 aliphatic carbocycles. The second-order valence-electron chi connectivity index (χ2n) is 5.68. The van der Waals surface area contributed by atoms with Crippen LogP contribution in [0, 0.1) is 19.8 Å². The number of aryl methyl sites for hydroxylation is 2. The Morgan fingerprint density at radius 1 is 1.24 bits per heavy atom. The molecule has 0 radical (unpaired) electrons. The summed E-state index contributed by atoms with van der Waals surface area (Å²) in [6, 6.07) is 10.1. The SMILES string of the molecule is Cc1noc(C)c1CC(=O)N[C@H](c1ccccc1)C(C)C. The third-order valence-electron chi connectivity index (χ3n) is 3.66. The second-order valence-corrected chi connectivity index (χ2v) is 5.68. The minimum Gasteiger partial charge on any atom is -0.361 e. The van der Waals surface area contributed by atoms with Gasteiger partial charge in [0.05, 0.1) is 18.2 Å². The predicted molar refractivity (Wildman–Crippen MR) is 81.8 cm³/mol. The van der Waals surface area contributed by atoms with Gasteiger partial charge in [-0.1, -0.05) is 49.3 Å². The van der Waals surface area contributed by atoms with Gasteiger partial charge in [-0.3, -0.25) is 4.79 Å². The van der Waals surface area contributed by atoms with Gasteiger partial charge in [0.2, 0.25) is 5.91 Å². The largest absolute Gasteiger partial charge is 0.361 e. The lowest BCUT2D eigenvalue weighted by Crippen LogP contribution is -2.33. The van der Waals surface area contributed by atoms with Crippen molar-refractivity contribution in [1.29, 1.82) is 0 Å². The number of carbonyl (C=O) groups excluding carboxylic acids is 1. The van der Waals surface area contributed by atoms with Crippen LogP contribution in [0.1, 0.15) is 42.5 Å². The Labute approximate surface area is 125 Å². The molecule has 4 nitrogen and oxygen atoms in total. The molecular formula is C17H22N2O2. The van der Waals surface area contributed by atoms with E-state index in [1.807, 2.05) is 44.2 Å². The molecule has 0 aliphatic heterocycles. The van der Waals surface area contributed by atoms with E-state index in [0.29, 0.717) is 18.1 Å². The summed E-state index contributed by atoms with van der Waals surface area (Å²) >= 11 is 0. The lowest BCUT2D eigenvalue weighted by molar-refractivity contribution is -0.121. The van der Waals surface area contributed by atoms with Crippen molar-refractivity contribution in [2.75, 3.05) is 0 Å². The maximum atomic E-state index is 12.3. The van der Waals surface area contributed by atoms with E-state index in [9.17, 15) is 4.79 Å². The van der Waals surface area contributed by atoms with Crippen LogP contribution in [0.4, 0.5) is 0 Å². The molecule has 21 heavy (non-hydrogen) atoms. The van der Waals surface area contributed by atoms with Crippen LogP contribution in [-0.2, 0) is 11.2 Å². The molecule has 4 heteroatoms. The summed E-state index contributed by atoms with van der Waals surface area (Å²) in [5.41, 5.74) is 2.78. The summed E-state index contributed by atoms with van der Waals surface area (Å²) in [7, 11) is 0. The van der Waals surface area contributed by atoms with Gasteiger partial charge in [-0.25, -0.2) is 0 Å². The van der Waals surface area contributed by atoms with Gasteiger partial charge in [0.25, 0.3) is 0 Å². The molecule has 0 fully saturated rings. The standard InChI is InChI=1S/C17H22N2O2/c1-11(2)17(14-8-6-5-7-9-14)18-16(20)10-15-12(3)19-21-13(15)4/h5-9,11,17H,10H2,1-4H3,(H,18,20)/t17-/m0/s1. The van der Waals surface area contributed by atoms with E-state index in [1.54, 1.807) is 0 Å². The van der Waals surface area contributed by atoms with Crippen LogP contribution in [0.15, 0.2) is 34.9 Å². The predicted octanol–water partition coefficient (Wildman–Crippen LogP) is 3.35. The van der Waals surface area contributed by atoms with Gasteiger partial charge in [-0.15, -0.1) is 0 Å². The summed E-state index contributed by atoms with van der Waals surface area (Å²) in [5.74, 6) is 1.02. The molecule has 1 aromatic carbocycles. The quantitative estimate of drug-likeness (QED) is 0.917. The molecule has 1 aromatic heterocycles. The minimum absolute atomic E-state index is 0.00745. The highest BCUT2D eigenvalue weighted by molar-refractivity contribution is 5.79. The zero-order chi connectivity index (χ0) is 15.4. The molecule has 0 bridgehead atoms. The smallest absolute Gasteiger partial charge is 0.225 e. The Bertz CT molecular complexity index is 583. The lowest BCUT2D eigenvalue weighted by atomic mass is 9.95. The van der Waals surface area contributed by atoms with Crippen LogP contribution in [0.25, 0.3) is 0 Å². The van der Waals surface area contributed by atoms with Crippen molar-refractivity contribution in [3.8, 4) is 0 Å². The highest BCUT2D eigenvalue weighted by Gasteiger charge is 2.20. The molecule has 0 spiro atoms. The van der Waals surface area contributed by atoms with Gasteiger partial charge in [0.15, 0.2) is 0 Å². The first-order valence-electron chi connectivity index (χ1n) is 7.25. The zero-order valence-corrected chi connectivity index (χ0v) is 13.0. The van der Waals surface area contributed by atoms with E-state index in [0.717, 1.165) is 16.8 Å². The maximum absolute atomic E-state index is 12.3. The highest BCUT2D eigenvalue weighted by atomic mass is 16.5. The van der Waals surface area contributed by atoms with Crippen molar-refractivity contribution < 1.29 is 9.32 Å². The van der Waals surface area contributed by atoms with Crippen LogP contribution >= 0.6 is 0 Å². The van der Waals surface area contributed by atoms with E-state index in [1.165, 1.54) is 0 Å². The minimum atomic E-state index is -0.00745. The average Bonchev–Trinajstić information content (AvgIpc) is 2.77. The number of benzene rings is 1. The van der Waals surface area contributed by atoms with Crippen molar-refractivity contribution in [2.45, 2.75) is 40.2 Å². The molecule has 1 atom stereocenters. The van der Waals surface area contributed by atoms with E-state index in [-0.39, 0.29) is 11.9 Å². The van der Waals surface area contributed by atoms with E-state index >= 15 is 0 Å². The number of hydrogen-bond donors (Lipinski definition) is 1. The van der Waals surface area contributed by atoms with Gasteiger partial charge in [-0.2, -0.15) is 0 Å². The summed E-state index contributed by atoms with van der Waals surface area (Å²) in [6.07, 6.45) is 0.303. The first kappa shape index (κ1) is 15.3. The van der Waals surface area contributed by atoms with Crippen LogP contribution in [0.5, 0.6) is 0 Å². The normalized spacial score (nSPS) is 12.4. The second kappa shape index (κ2) is 6.57. The van der Waals surface area contributed by atoms with Crippen molar-refractivity contribution in [3.63, 3.8) is 0 Å². The molecule has 1 amide bonds. The molecule has 2 aromatic rings. The van der Waals surface area contributed by atoms with Crippen molar-refractivity contribution in [1.82, 2.24) is 10.5 Å². The number of hydrogen-bond acceptors (Lipinski definition) is 3. The van der Waals surface area contributed by atoms with Gasteiger partial charge >= 0.3 is 0 Å². The van der Waals surface area contributed by atoms with E-state index < -0.39 is 0 Å². The molecule has 0 saturated heterocycles. The first-order valence-corrected chi connectivity index (χ1v) is 7.25. The fourth-order valence-corrected chi connectivity index (χ4v) is 2.43. The molecule has 112 valence electrons. The summed E-state index contributed by atoms with van der Waals surface area (Å²) in [5, 5.41) is 7.00. The van der Waals surface area contributed by atoms with Crippen molar-refractivity contribution in [2.24, 2.45) is 5.92 Å². The Morgan fingerprint density at radius 3 is 2.43 bits per heavy atom. The topological polar surface area (TPSA) is 55.1 Å². The fraction of sp³-hybridized carbons (Fsp3) is 0.412. The molecule has 1 N–H and O–H groups in total. The van der Waals surface area contributed by atoms with Gasteiger partial charge < -0.3 is 9.84 Å². The number of amides is 1. The highest BCUT2D eigenvalue weighted by Crippen LogP contribution is 2.22. The summed E-state index contributed by atoms with van der Waals surface area (Å²) in [4.78, 5) is 12.3. The maximum Gasteiger partial charge on any atom is 0.225 e. The monoisotopic (exact) mass is 286 g/mol. The molecule has 0 saturated carbocycles. The number of aromatic nitrogens is 1. The van der Waals surface area contributed by atoms with Gasteiger partial charge in [-0.05, 0) is 25.3 Å². The molecule has 0 aliphatic rings. The molecule has 2 rings (SSSR count). The average molecular weight is 286 g/mol. The number of nitrogens with zero attached hydrogens (tertiary/aromatic N) is 1. The van der Waals surface area contributed by atoms with Crippen LogP contribution < -0.4 is 5.32 Å². The van der Waals surface area contributed by atoms with Gasteiger partial charge in [0.1, 0.15) is 5.76 Å². The van der Waals surface area contributed by atoms with Crippen LogP contribution in [0.3, 0.4) is 0 Å². The molecule has 0 unspecified atom stereocenters. The van der Waals surface area contributed by atoms with Crippen LogP contribution in [0.2, 0.25) is 0 Å².